The van der Waals surface area contributed by atoms with Gasteiger partial charge in [0.2, 0.25) is 0 Å². The van der Waals surface area contributed by atoms with E-state index in [1.807, 2.05) is 6.92 Å². The van der Waals surface area contributed by atoms with Crippen LogP contribution in [0.4, 0.5) is 0 Å². The Morgan fingerprint density at radius 3 is 2.43 bits per heavy atom. The van der Waals surface area contributed by atoms with Gasteiger partial charge < -0.3 is 5.32 Å². The van der Waals surface area contributed by atoms with Crippen molar-refractivity contribution in [3.63, 3.8) is 0 Å². The van der Waals surface area contributed by atoms with E-state index in [1.54, 1.807) is 6.41 Å². The van der Waals surface area contributed by atoms with Gasteiger partial charge in [-0.3, -0.25) is 4.79 Å². The largest absolute Gasteiger partial charge is 0.343 e. The fourth-order valence-corrected chi connectivity index (χ4v) is 0.436. The van der Waals surface area contributed by atoms with Crippen LogP contribution in [0.5, 0.6) is 0 Å². The minimum atomic E-state index is 0.127. The number of carbonyl (C=O) groups excluding carboxylic acids is 1. The standard InChI is InChI=1S/C5H8NO/c1-5(2-3-5)6-4-7/h2-3H2,1H3,(H,6,7). The molecule has 0 aromatic heterocycles. The lowest BCUT2D eigenvalue weighted by Crippen LogP contribution is -2.25. The van der Waals surface area contributed by atoms with Gasteiger partial charge in [0.25, 0.3) is 0 Å². The Balaban J connectivity index is 2.25. The normalized spacial score (nSPS) is 23.6. The lowest BCUT2D eigenvalue weighted by molar-refractivity contribution is 0.522. The van der Waals surface area contributed by atoms with E-state index < -0.39 is 0 Å². The van der Waals surface area contributed by atoms with Crippen molar-refractivity contribution in [2.75, 3.05) is 0 Å². The molecule has 0 heterocycles. The van der Waals surface area contributed by atoms with Gasteiger partial charge in [0.05, 0.1) is 0 Å². The van der Waals surface area contributed by atoms with Crippen molar-refractivity contribution in [2.45, 2.75) is 25.3 Å². The molecule has 0 aromatic rings. The van der Waals surface area contributed by atoms with Crippen molar-refractivity contribution in [1.82, 2.24) is 5.32 Å². The Hall–Kier alpha value is -0.530. The summed E-state index contributed by atoms with van der Waals surface area (Å²) < 4.78 is 0. The van der Waals surface area contributed by atoms with E-state index in [4.69, 9.17) is 0 Å². The molecule has 1 radical (unpaired) electrons. The van der Waals surface area contributed by atoms with Crippen molar-refractivity contribution in [1.29, 1.82) is 0 Å². The quantitative estimate of drug-likeness (QED) is 0.491. The van der Waals surface area contributed by atoms with Crippen LogP contribution in [0.2, 0.25) is 0 Å². The third-order valence-corrected chi connectivity index (χ3v) is 1.35. The predicted octanol–water partition coefficient (Wildman–Crippen LogP) is 0.196. The second kappa shape index (κ2) is 1.22. The van der Waals surface area contributed by atoms with E-state index in [2.05, 4.69) is 5.32 Å². The first-order chi connectivity index (χ1) is 3.27. The molecule has 39 valence electrons. The van der Waals surface area contributed by atoms with Crippen molar-refractivity contribution < 1.29 is 4.79 Å². The average Bonchev–Trinajstić information content (AvgIpc) is 2.22. The molecule has 0 unspecified atom stereocenters. The first-order valence-electron chi connectivity index (χ1n) is 2.41. The molecule has 1 aliphatic rings. The molecular weight excluding hydrogens is 90.1 g/mol. The van der Waals surface area contributed by atoms with Crippen LogP contribution in [0, 0.1) is 0 Å². The van der Waals surface area contributed by atoms with E-state index in [1.165, 1.54) is 0 Å². The molecule has 1 amide bonds. The zero-order valence-electron chi connectivity index (χ0n) is 4.32. The topological polar surface area (TPSA) is 29.1 Å². The molecule has 0 saturated heterocycles. The van der Waals surface area contributed by atoms with Gasteiger partial charge in [-0.25, -0.2) is 0 Å². The maximum atomic E-state index is 9.62. The molecule has 2 heteroatoms. The Bertz CT molecular complexity index is 86.1. The molecule has 1 saturated carbocycles. The van der Waals surface area contributed by atoms with Crippen molar-refractivity contribution >= 4 is 6.41 Å². The molecule has 0 bridgehead atoms. The van der Waals surface area contributed by atoms with Crippen LogP contribution in [0.15, 0.2) is 0 Å². The van der Waals surface area contributed by atoms with Crippen LogP contribution in [0.3, 0.4) is 0 Å². The van der Waals surface area contributed by atoms with E-state index in [0.717, 1.165) is 12.8 Å². The Kier molecular flexibility index (Phi) is 0.805. The molecule has 0 spiro atoms. The van der Waals surface area contributed by atoms with Gasteiger partial charge in [0.1, 0.15) is 0 Å². The fraction of sp³-hybridized carbons (Fsp3) is 0.800. The summed E-state index contributed by atoms with van der Waals surface area (Å²) in [6.45, 7) is 2.01. The van der Waals surface area contributed by atoms with Crippen molar-refractivity contribution in [3.8, 4) is 0 Å². The molecular formula is C5H8NO. The Morgan fingerprint density at radius 1 is 1.71 bits per heavy atom. The highest BCUT2D eigenvalue weighted by Gasteiger charge is 2.36. The zero-order chi connectivity index (χ0) is 5.33. The van der Waals surface area contributed by atoms with E-state index in [9.17, 15) is 4.79 Å². The highest BCUT2D eigenvalue weighted by molar-refractivity contribution is 5.49. The fourth-order valence-electron chi connectivity index (χ4n) is 0.436. The lowest BCUT2D eigenvalue weighted by Gasteiger charge is -2.00. The number of hydrogen-bond acceptors (Lipinski definition) is 1. The van der Waals surface area contributed by atoms with Crippen LogP contribution in [-0.4, -0.2) is 11.9 Å². The molecule has 0 aliphatic heterocycles. The zero-order valence-corrected chi connectivity index (χ0v) is 4.32. The molecule has 0 aromatic carbocycles. The lowest BCUT2D eigenvalue weighted by atomic mass is 10.3. The number of amides is 1. The molecule has 2 nitrogen and oxygen atoms in total. The summed E-state index contributed by atoms with van der Waals surface area (Å²) in [5.41, 5.74) is 0.127. The summed E-state index contributed by atoms with van der Waals surface area (Å²) in [7, 11) is 0. The van der Waals surface area contributed by atoms with Crippen LogP contribution >= 0.6 is 0 Å². The summed E-state index contributed by atoms with van der Waals surface area (Å²) in [6, 6.07) is 0. The molecule has 1 N–H and O–H groups in total. The average molecular weight is 98.1 g/mol. The minimum absolute atomic E-state index is 0.127. The van der Waals surface area contributed by atoms with Gasteiger partial charge >= 0.3 is 6.41 Å². The van der Waals surface area contributed by atoms with E-state index in [-0.39, 0.29) is 5.54 Å². The van der Waals surface area contributed by atoms with Crippen LogP contribution in [-0.2, 0) is 4.79 Å². The highest BCUT2D eigenvalue weighted by Crippen LogP contribution is 2.33. The Morgan fingerprint density at radius 2 is 2.29 bits per heavy atom. The van der Waals surface area contributed by atoms with E-state index in [0.29, 0.717) is 0 Å². The van der Waals surface area contributed by atoms with E-state index >= 15 is 0 Å². The first kappa shape index (κ1) is 4.62. The van der Waals surface area contributed by atoms with Gasteiger partial charge in [0, 0.05) is 5.54 Å². The van der Waals surface area contributed by atoms with Crippen LogP contribution in [0.1, 0.15) is 19.8 Å². The van der Waals surface area contributed by atoms with Gasteiger partial charge in [-0.2, -0.15) is 0 Å². The van der Waals surface area contributed by atoms with Gasteiger partial charge in [-0.05, 0) is 19.8 Å². The van der Waals surface area contributed by atoms with Crippen LogP contribution in [0.25, 0.3) is 0 Å². The van der Waals surface area contributed by atoms with Crippen molar-refractivity contribution in [3.05, 3.63) is 0 Å². The van der Waals surface area contributed by atoms with Crippen LogP contribution < -0.4 is 5.32 Å². The maximum Gasteiger partial charge on any atom is 0.309 e. The van der Waals surface area contributed by atoms with Gasteiger partial charge in [-0.1, -0.05) is 0 Å². The molecule has 1 aliphatic carbocycles. The smallest absolute Gasteiger partial charge is 0.309 e. The predicted molar refractivity (Wildman–Crippen MR) is 26.5 cm³/mol. The SMILES string of the molecule is CC1(N[C]=O)CC1. The summed E-state index contributed by atoms with van der Waals surface area (Å²) in [6.07, 6.45) is 3.90. The highest BCUT2D eigenvalue weighted by atomic mass is 16.1. The first-order valence-corrected chi connectivity index (χ1v) is 2.41. The van der Waals surface area contributed by atoms with Gasteiger partial charge in [-0.15, -0.1) is 0 Å². The summed E-state index contributed by atoms with van der Waals surface area (Å²) in [5, 5.41) is 2.59. The van der Waals surface area contributed by atoms with Gasteiger partial charge in [0.15, 0.2) is 0 Å². The third kappa shape index (κ3) is 0.918. The maximum absolute atomic E-state index is 9.62. The molecule has 1 rings (SSSR count). The summed E-state index contributed by atoms with van der Waals surface area (Å²) in [4.78, 5) is 9.62. The summed E-state index contributed by atoms with van der Waals surface area (Å²) in [5.74, 6) is 0. The molecule has 1 fully saturated rings. The second-order valence-electron chi connectivity index (χ2n) is 2.29. The number of hydrogen-bond donors (Lipinski definition) is 1. The second-order valence-corrected chi connectivity index (χ2v) is 2.29. The van der Waals surface area contributed by atoms with Crippen molar-refractivity contribution in [2.24, 2.45) is 0 Å². The third-order valence-electron chi connectivity index (χ3n) is 1.35. The summed E-state index contributed by atoms with van der Waals surface area (Å²) >= 11 is 0. The Labute approximate surface area is 42.9 Å². The minimum Gasteiger partial charge on any atom is -0.343 e. The molecule has 7 heavy (non-hydrogen) atoms. The molecule has 0 atom stereocenters. The monoisotopic (exact) mass is 98.1 g/mol. The number of rotatable bonds is 2. The number of nitrogens with one attached hydrogen (secondary N) is 1.